The molecule has 0 aliphatic heterocycles. The van der Waals surface area contributed by atoms with Crippen molar-refractivity contribution >= 4 is 9.84 Å². The largest absolute Gasteiger partial charge is 0.219 e. The fourth-order valence-electron chi connectivity index (χ4n) is 1.09. The third-order valence-electron chi connectivity index (χ3n) is 1.93. The second-order valence-electron chi connectivity index (χ2n) is 3.13. The van der Waals surface area contributed by atoms with Crippen LogP contribution >= 0.6 is 0 Å². The molecule has 0 bridgehead atoms. The van der Waals surface area contributed by atoms with Crippen LogP contribution in [0.15, 0.2) is 46.2 Å². The Bertz CT molecular complexity index is 423. The lowest BCUT2D eigenvalue weighted by Gasteiger charge is -1.96. The van der Waals surface area contributed by atoms with Gasteiger partial charge in [0.15, 0.2) is 9.84 Å². The van der Waals surface area contributed by atoms with Crippen LogP contribution in [-0.2, 0) is 9.84 Å². The molecule has 1 aliphatic rings. The molecule has 68 valence electrons. The van der Waals surface area contributed by atoms with E-state index in [1.807, 2.05) is 6.07 Å². The Morgan fingerprint density at radius 3 is 2.23 bits per heavy atom. The maximum Gasteiger partial charge on any atom is 0.199 e. The van der Waals surface area contributed by atoms with Crippen LogP contribution < -0.4 is 0 Å². The summed E-state index contributed by atoms with van der Waals surface area (Å²) in [6.07, 6.45) is 1.87. The molecular formula is C10H10O2S. The molecule has 0 amide bonds. The molecule has 0 heterocycles. The Morgan fingerprint density at radius 2 is 1.69 bits per heavy atom. The predicted molar refractivity (Wildman–Crippen MR) is 50.9 cm³/mol. The fraction of sp³-hybridized carbons (Fsp3) is 0.200. The molecule has 3 heteroatoms. The summed E-state index contributed by atoms with van der Waals surface area (Å²) in [5.41, 5.74) is 1.03. The molecule has 1 aliphatic carbocycles. The Kier molecular flexibility index (Phi) is 1.96. The number of hydrogen-bond donors (Lipinski definition) is 0. The van der Waals surface area contributed by atoms with Crippen LogP contribution in [0.1, 0.15) is 12.8 Å². The van der Waals surface area contributed by atoms with Gasteiger partial charge in [-0.15, -0.1) is 0 Å². The summed E-state index contributed by atoms with van der Waals surface area (Å²) in [6.45, 7) is 0. The number of sulfone groups is 1. The number of allylic oxidation sites excluding steroid dienone is 1. The van der Waals surface area contributed by atoms with E-state index in [0.717, 1.165) is 18.4 Å². The first-order valence-electron chi connectivity index (χ1n) is 4.18. The van der Waals surface area contributed by atoms with Crippen molar-refractivity contribution in [2.75, 3.05) is 0 Å². The van der Waals surface area contributed by atoms with Crippen LogP contribution in [0.4, 0.5) is 0 Å². The zero-order chi connectivity index (χ0) is 9.31. The minimum atomic E-state index is -3.16. The normalized spacial score (nSPS) is 15.5. The van der Waals surface area contributed by atoms with Gasteiger partial charge in [0.25, 0.3) is 0 Å². The van der Waals surface area contributed by atoms with Gasteiger partial charge in [-0.05, 0) is 25.0 Å². The molecule has 1 saturated carbocycles. The van der Waals surface area contributed by atoms with Crippen molar-refractivity contribution in [3.8, 4) is 0 Å². The molecule has 1 aromatic rings. The van der Waals surface area contributed by atoms with E-state index in [1.54, 1.807) is 24.3 Å². The molecule has 0 saturated heterocycles. The summed E-state index contributed by atoms with van der Waals surface area (Å²) in [7, 11) is -3.16. The zero-order valence-electron chi connectivity index (χ0n) is 7.10. The molecule has 0 atom stereocenters. The first kappa shape index (κ1) is 8.51. The van der Waals surface area contributed by atoms with Crippen molar-refractivity contribution < 1.29 is 8.42 Å². The van der Waals surface area contributed by atoms with Crippen molar-refractivity contribution in [1.29, 1.82) is 0 Å². The van der Waals surface area contributed by atoms with Crippen LogP contribution in [0, 0.1) is 0 Å². The van der Waals surface area contributed by atoms with Crippen molar-refractivity contribution in [1.82, 2.24) is 0 Å². The number of rotatable bonds is 2. The summed E-state index contributed by atoms with van der Waals surface area (Å²) >= 11 is 0. The van der Waals surface area contributed by atoms with E-state index in [4.69, 9.17) is 0 Å². The van der Waals surface area contributed by atoms with E-state index in [1.165, 1.54) is 5.41 Å². The lowest BCUT2D eigenvalue weighted by atomic mass is 10.4. The molecule has 0 unspecified atom stereocenters. The summed E-state index contributed by atoms with van der Waals surface area (Å²) in [4.78, 5) is 0.384. The molecule has 0 spiro atoms. The molecule has 0 N–H and O–H groups in total. The fourth-order valence-corrected chi connectivity index (χ4v) is 2.43. The topological polar surface area (TPSA) is 34.1 Å². The lowest BCUT2D eigenvalue weighted by Crippen LogP contribution is -1.94. The van der Waals surface area contributed by atoms with Gasteiger partial charge in [-0.2, -0.15) is 0 Å². The number of benzene rings is 1. The standard InChI is InChI=1S/C10H10O2S/c11-13(12,8-9-6-7-9)10-4-2-1-3-5-10/h1-5,8H,6-7H2. The highest BCUT2D eigenvalue weighted by atomic mass is 32.2. The van der Waals surface area contributed by atoms with E-state index in [0.29, 0.717) is 4.90 Å². The first-order valence-corrected chi connectivity index (χ1v) is 5.73. The van der Waals surface area contributed by atoms with Crippen molar-refractivity contribution in [3.05, 3.63) is 41.3 Å². The van der Waals surface area contributed by atoms with Crippen LogP contribution in [0.25, 0.3) is 0 Å². The second-order valence-corrected chi connectivity index (χ2v) is 4.93. The van der Waals surface area contributed by atoms with Gasteiger partial charge in [-0.1, -0.05) is 23.8 Å². The average molecular weight is 194 g/mol. The van der Waals surface area contributed by atoms with Gasteiger partial charge in [-0.3, -0.25) is 0 Å². The highest BCUT2D eigenvalue weighted by Gasteiger charge is 2.17. The van der Waals surface area contributed by atoms with Gasteiger partial charge in [-0.25, -0.2) is 8.42 Å². The van der Waals surface area contributed by atoms with Crippen LogP contribution in [-0.4, -0.2) is 8.42 Å². The Labute approximate surface area is 77.8 Å². The lowest BCUT2D eigenvalue weighted by molar-refractivity contribution is 0.604. The van der Waals surface area contributed by atoms with E-state index >= 15 is 0 Å². The van der Waals surface area contributed by atoms with E-state index in [2.05, 4.69) is 0 Å². The molecule has 1 aromatic carbocycles. The van der Waals surface area contributed by atoms with Crippen LogP contribution in [0.5, 0.6) is 0 Å². The second kappa shape index (κ2) is 3.00. The van der Waals surface area contributed by atoms with Gasteiger partial charge < -0.3 is 0 Å². The molecular weight excluding hydrogens is 184 g/mol. The van der Waals surface area contributed by atoms with Gasteiger partial charge in [0, 0.05) is 5.41 Å². The highest BCUT2D eigenvalue weighted by molar-refractivity contribution is 7.94. The third kappa shape index (κ3) is 1.98. The van der Waals surface area contributed by atoms with E-state index < -0.39 is 9.84 Å². The Hall–Kier alpha value is -1.09. The zero-order valence-corrected chi connectivity index (χ0v) is 7.92. The first-order chi connectivity index (χ1) is 6.18. The van der Waals surface area contributed by atoms with E-state index in [9.17, 15) is 8.42 Å². The minimum Gasteiger partial charge on any atom is -0.219 e. The van der Waals surface area contributed by atoms with Crippen molar-refractivity contribution in [3.63, 3.8) is 0 Å². The molecule has 2 nitrogen and oxygen atoms in total. The highest BCUT2D eigenvalue weighted by Crippen LogP contribution is 2.30. The maximum absolute atomic E-state index is 11.6. The third-order valence-corrected chi connectivity index (χ3v) is 3.51. The summed E-state index contributed by atoms with van der Waals surface area (Å²) in [5, 5.41) is 1.39. The summed E-state index contributed by atoms with van der Waals surface area (Å²) in [5.74, 6) is 0. The molecule has 13 heavy (non-hydrogen) atoms. The molecule has 2 rings (SSSR count). The van der Waals surface area contributed by atoms with Gasteiger partial charge >= 0.3 is 0 Å². The van der Waals surface area contributed by atoms with E-state index in [-0.39, 0.29) is 0 Å². The van der Waals surface area contributed by atoms with Gasteiger partial charge in [0.2, 0.25) is 0 Å². The number of hydrogen-bond acceptors (Lipinski definition) is 2. The van der Waals surface area contributed by atoms with Gasteiger partial charge in [0.1, 0.15) is 0 Å². The van der Waals surface area contributed by atoms with Gasteiger partial charge in [0.05, 0.1) is 4.90 Å². The average Bonchev–Trinajstić information content (AvgIpc) is 2.89. The molecule has 0 aromatic heterocycles. The molecule has 0 radical (unpaired) electrons. The maximum atomic E-state index is 11.6. The summed E-state index contributed by atoms with van der Waals surface area (Å²) < 4.78 is 23.2. The van der Waals surface area contributed by atoms with Crippen molar-refractivity contribution in [2.45, 2.75) is 17.7 Å². The smallest absolute Gasteiger partial charge is 0.199 e. The van der Waals surface area contributed by atoms with Crippen molar-refractivity contribution in [2.24, 2.45) is 0 Å². The summed E-state index contributed by atoms with van der Waals surface area (Å²) in [6, 6.07) is 8.52. The Balaban J connectivity index is 2.40. The Morgan fingerprint density at radius 1 is 1.08 bits per heavy atom. The molecule has 1 fully saturated rings. The van der Waals surface area contributed by atoms with Crippen LogP contribution in [0.3, 0.4) is 0 Å². The quantitative estimate of drug-likeness (QED) is 0.722. The van der Waals surface area contributed by atoms with Crippen LogP contribution in [0.2, 0.25) is 0 Å². The predicted octanol–water partition coefficient (Wildman–Crippen LogP) is 2.14. The minimum absolute atomic E-state index is 0.384. The SMILES string of the molecule is O=S(=O)(C=C1CC1)c1ccccc1. The monoisotopic (exact) mass is 194 g/mol.